The molecule has 3 aliphatic rings. The second-order valence-electron chi connectivity index (χ2n) is 28.7. The molecule has 3 fully saturated rings. The number of carbonyl (C=O) groups excluding carboxylic acids is 15. The minimum Gasteiger partial charge on any atom is -0.508 e. The molecule has 3 aliphatic heterocycles. The van der Waals surface area contributed by atoms with Gasteiger partial charge in [-0.3, -0.25) is 82.1 Å². The summed E-state index contributed by atoms with van der Waals surface area (Å²) in [5, 5.41) is 115. The molecule has 4 aromatic rings. The number of nitrogens with one attached hydrogen (secondary N) is 16. The number of aromatic nitrogens is 1. The van der Waals surface area contributed by atoms with Gasteiger partial charge in [0, 0.05) is 69.3 Å². The largest absolute Gasteiger partial charge is 0.508 e. The Labute approximate surface area is 673 Å². The van der Waals surface area contributed by atoms with Crippen LogP contribution in [0.1, 0.15) is 109 Å². The molecule has 43 nitrogen and oxygen atoms in total. The molecule has 3 saturated heterocycles. The van der Waals surface area contributed by atoms with Crippen LogP contribution in [0.2, 0.25) is 0 Å². The quantitative estimate of drug-likeness (QED) is 0.0120. The number of hydrogen-bond acceptors (Lipinski definition) is 24. The van der Waals surface area contributed by atoms with E-state index in [4.69, 9.17) is 15.9 Å². The van der Waals surface area contributed by atoms with Crippen LogP contribution in [0, 0.1) is 5.41 Å². The number of carboxylic acids is 2. The highest BCUT2D eigenvalue weighted by Gasteiger charge is 2.44. The maximum absolute atomic E-state index is 15.4. The molecule has 118 heavy (non-hydrogen) atoms. The maximum Gasteiger partial charge on any atom is 0.326 e. The van der Waals surface area contributed by atoms with Crippen molar-refractivity contribution in [2.24, 2.45) is 5.73 Å². The van der Waals surface area contributed by atoms with Crippen molar-refractivity contribution >= 4 is 117 Å². The molecular weight excluding hydrogens is 1550 g/mol. The first-order valence-electron chi connectivity index (χ1n) is 37.9. The van der Waals surface area contributed by atoms with Crippen LogP contribution in [-0.4, -0.2) is 275 Å². The van der Waals surface area contributed by atoms with Gasteiger partial charge >= 0.3 is 17.9 Å². The number of H-pyrrole nitrogens is 1. The average molecular weight is 1650 g/mol. The van der Waals surface area contributed by atoms with Crippen molar-refractivity contribution in [3.05, 3.63) is 95.7 Å². The minimum absolute atomic E-state index is 0.0771. The van der Waals surface area contributed by atoms with Gasteiger partial charge < -0.3 is 131 Å². The van der Waals surface area contributed by atoms with E-state index in [1.807, 2.05) is 0 Å². The van der Waals surface area contributed by atoms with E-state index in [0.29, 0.717) is 16.5 Å². The molecule has 16 unspecified atom stereocenters. The van der Waals surface area contributed by atoms with E-state index < -0.39 is 262 Å². The number of phenolic OH excluding ortho intramolecular Hbond substituents is 2. The van der Waals surface area contributed by atoms with Gasteiger partial charge in [0.15, 0.2) is 12.1 Å². The van der Waals surface area contributed by atoms with Gasteiger partial charge in [0.25, 0.3) is 5.91 Å². The SMILES string of the molecule is CC(=O)NC(C(=O)NC(C)C(=O)NC(C(=O)NC(CCCNC(=N)N)C(=O)NC1CCCCNC(=O)C(O)C(C(=O)NC(Cc2ccc(O)cc2)C(=O)O)NC(=O)C2CCC(=O)OCC(NC(=O)C3CCCN3C(=O)C(Cc3ccc(O)cc3)NC1=O)C(=O)NC(CC(=O)O)C(=O)NC(Cc1c[nH]c3ccccc13)C(=O)N2)C(C)O)C(C)O. The van der Waals surface area contributed by atoms with Gasteiger partial charge in [-0.2, -0.15) is 0 Å². The van der Waals surface area contributed by atoms with E-state index in [2.05, 4.69) is 79.4 Å². The fourth-order valence-corrected chi connectivity index (χ4v) is 13.1. The summed E-state index contributed by atoms with van der Waals surface area (Å²) in [4.78, 5) is 245. The zero-order chi connectivity index (χ0) is 86.8. The monoisotopic (exact) mass is 1650 g/mol. The van der Waals surface area contributed by atoms with Crippen LogP contribution in [0.15, 0.2) is 79.0 Å². The van der Waals surface area contributed by atoms with Crippen molar-refractivity contribution in [1.29, 1.82) is 5.41 Å². The van der Waals surface area contributed by atoms with Crippen molar-refractivity contribution in [3.8, 4) is 11.5 Å². The van der Waals surface area contributed by atoms with Gasteiger partial charge in [-0.15, -0.1) is 0 Å². The molecule has 0 saturated carbocycles. The Bertz CT molecular complexity index is 4350. The summed E-state index contributed by atoms with van der Waals surface area (Å²) >= 11 is 0. The first-order valence-corrected chi connectivity index (χ1v) is 37.9. The lowest BCUT2D eigenvalue weighted by molar-refractivity contribution is -0.148. The van der Waals surface area contributed by atoms with Crippen LogP contribution in [0.5, 0.6) is 11.5 Å². The molecule has 14 amide bonds. The van der Waals surface area contributed by atoms with Crippen molar-refractivity contribution in [2.45, 2.75) is 208 Å². The Morgan fingerprint density at radius 1 is 0.619 bits per heavy atom. The van der Waals surface area contributed by atoms with Gasteiger partial charge in [-0.1, -0.05) is 42.5 Å². The zero-order valence-electron chi connectivity index (χ0n) is 64.8. The molecule has 0 aliphatic carbocycles. The number of carbonyl (C=O) groups is 17. The maximum atomic E-state index is 15.4. The summed E-state index contributed by atoms with van der Waals surface area (Å²) in [7, 11) is 0. The van der Waals surface area contributed by atoms with Crippen LogP contribution in [0.4, 0.5) is 0 Å². The molecule has 43 heteroatoms. The molecule has 3 aromatic carbocycles. The lowest BCUT2D eigenvalue weighted by atomic mass is 10.0. The highest BCUT2D eigenvalue weighted by molar-refractivity contribution is 6.02. The molecule has 640 valence electrons. The number of carboxylic acid groups (broad SMARTS) is 2. The van der Waals surface area contributed by atoms with Crippen molar-refractivity contribution in [2.75, 3.05) is 26.2 Å². The third kappa shape index (κ3) is 27.3. The van der Waals surface area contributed by atoms with Crippen LogP contribution in [-0.2, 0) is 106 Å². The minimum atomic E-state index is -2.71. The number of amides is 14. The number of phenols is 2. The Balaban J connectivity index is 1.31. The molecule has 2 bridgehead atoms. The highest BCUT2D eigenvalue weighted by Crippen LogP contribution is 2.24. The number of aromatic hydroxyl groups is 2. The van der Waals surface area contributed by atoms with Crippen LogP contribution < -0.4 is 80.2 Å². The smallest absolute Gasteiger partial charge is 0.326 e. The molecule has 25 N–H and O–H groups in total. The Morgan fingerprint density at radius 2 is 1.23 bits per heavy atom. The number of guanidine groups is 1. The van der Waals surface area contributed by atoms with Crippen LogP contribution in [0.3, 0.4) is 0 Å². The number of aliphatic carboxylic acids is 2. The molecule has 0 radical (unpaired) electrons. The normalized spacial score (nSPS) is 22.8. The van der Waals surface area contributed by atoms with Crippen LogP contribution in [0.25, 0.3) is 10.9 Å². The number of hydrogen-bond donors (Lipinski definition) is 24. The van der Waals surface area contributed by atoms with E-state index in [1.54, 1.807) is 24.3 Å². The number of ether oxygens (including phenoxy) is 1. The number of nitrogens with two attached hydrogens (primary N) is 1. The van der Waals surface area contributed by atoms with Gasteiger partial charge in [-0.25, -0.2) is 4.79 Å². The summed E-state index contributed by atoms with van der Waals surface area (Å²) in [5.41, 5.74) is 6.91. The van der Waals surface area contributed by atoms with E-state index in [9.17, 15) is 103 Å². The molecule has 0 spiro atoms. The van der Waals surface area contributed by atoms with E-state index in [0.717, 1.165) is 18.7 Å². The predicted octanol–water partition coefficient (Wildman–Crippen LogP) is -6.96. The molecule has 4 heterocycles. The zero-order valence-corrected chi connectivity index (χ0v) is 64.8. The number of fused-ring (bicyclic) bond motifs is 8. The summed E-state index contributed by atoms with van der Waals surface area (Å²) in [6.07, 6.45) is -10.2. The summed E-state index contributed by atoms with van der Waals surface area (Å²) in [5.74, 6) is -22.5. The Kier molecular flexibility index (Phi) is 34.0. The number of nitrogens with zero attached hydrogens (tertiary/aromatic N) is 1. The van der Waals surface area contributed by atoms with Gasteiger partial charge in [0.05, 0.1) is 18.6 Å². The summed E-state index contributed by atoms with van der Waals surface area (Å²) in [6.45, 7) is 2.55. The van der Waals surface area contributed by atoms with Gasteiger partial charge in [0.1, 0.15) is 96.6 Å². The molecule has 7 rings (SSSR count). The third-order valence-electron chi connectivity index (χ3n) is 19.5. The Hall–Kier alpha value is -13.1. The lowest BCUT2D eigenvalue weighted by Crippen LogP contribution is -2.63. The number of benzene rings is 3. The van der Waals surface area contributed by atoms with Crippen molar-refractivity contribution in [3.63, 3.8) is 0 Å². The average Bonchev–Trinajstić information content (AvgIpc) is 1.60. The number of esters is 1. The predicted molar refractivity (Wildman–Crippen MR) is 410 cm³/mol. The summed E-state index contributed by atoms with van der Waals surface area (Å²) in [6, 6.07) is -7.38. The highest BCUT2D eigenvalue weighted by atomic mass is 16.5. The topological polar surface area (TPSA) is 678 Å². The van der Waals surface area contributed by atoms with E-state index in [-0.39, 0.29) is 74.2 Å². The lowest BCUT2D eigenvalue weighted by Gasteiger charge is -2.31. The van der Waals surface area contributed by atoms with Crippen molar-refractivity contribution < 1.29 is 122 Å². The van der Waals surface area contributed by atoms with Crippen molar-refractivity contribution in [1.82, 2.24) is 84.3 Å². The number of aliphatic hydroxyl groups excluding tert-OH is 3. The fourth-order valence-electron chi connectivity index (χ4n) is 13.1. The van der Waals surface area contributed by atoms with Crippen LogP contribution >= 0.6 is 0 Å². The fraction of sp³-hybridized carbons (Fsp3) is 0.493. The van der Waals surface area contributed by atoms with Gasteiger partial charge in [0.2, 0.25) is 76.8 Å². The third-order valence-corrected chi connectivity index (χ3v) is 19.5. The number of rotatable bonds is 26. The Morgan fingerprint density at radius 3 is 1.87 bits per heavy atom. The first-order chi connectivity index (χ1) is 55.9. The van der Waals surface area contributed by atoms with E-state index in [1.165, 1.54) is 68.6 Å². The second kappa shape index (κ2) is 43.6. The number of para-hydroxylation sites is 1. The molecule has 16 atom stereocenters. The summed E-state index contributed by atoms with van der Waals surface area (Å²) < 4.78 is 5.50. The second-order valence-corrected chi connectivity index (χ2v) is 28.7. The van der Waals surface area contributed by atoms with Gasteiger partial charge in [-0.05, 0) is 119 Å². The number of aromatic amines is 1. The standard InChI is InChI=1S/C75H100N18O25/c1-35(81-69(111)57(36(2)94)82-38(4)96)61(103)91-58(37(3)95)70(112)85-47(14-9-27-79-75(76)77)62(104)83-46-13-7-8-26-78-72(114)60(102)59(71(113)89-52(74(116)117)30-40-18-22-43(98)23-19-40)92-64(106)48-24-25-56(101)118-34-53(90-68(110)54-15-10-28-93(54)73(115)51(88-63(46)105)29-39-16-20-42(97)21-17-39)67(109)87-50(32-55(99)100)66(108)86-49(65(107)84-48)31-41-33-80-45-12-6-5-11-44(41)45/h5-6,11-12,16-23,33,35-37,46-54,57-60,80,94-95,97-98,102H,7-10,13-15,24-32,34H2,1-4H3,(H,78,114)(H,81,111)(H,82,96)(H,83,104)(H,84,107)(H,85,112)(H,86,108)(H,87,109)(H,88,105)(H,89,113)(H,90,110)(H,91,103)(H,92,106)(H,99,100)(H,116,117)(H4,76,77,79). The van der Waals surface area contributed by atoms with E-state index >= 15 is 14.4 Å². The first kappa shape index (κ1) is 92.1. The molecular formula is C75H100N18O25. The number of aliphatic hydroxyl groups is 3. The molecule has 1 aromatic heterocycles.